The summed E-state index contributed by atoms with van der Waals surface area (Å²) < 4.78 is 5.19. The van der Waals surface area contributed by atoms with Gasteiger partial charge >= 0.3 is 5.97 Å². The summed E-state index contributed by atoms with van der Waals surface area (Å²) in [7, 11) is 0. The summed E-state index contributed by atoms with van der Waals surface area (Å²) in [4.78, 5) is 28.5. The van der Waals surface area contributed by atoms with Crippen LogP contribution in [-0.4, -0.2) is 49.6 Å². The number of carbonyl (C=O) groups is 2. The van der Waals surface area contributed by atoms with E-state index in [9.17, 15) is 9.59 Å². The maximum absolute atomic E-state index is 12.4. The van der Waals surface area contributed by atoms with Crippen LogP contribution in [0.1, 0.15) is 22.3 Å². The predicted octanol–water partition coefficient (Wildman–Crippen LogP) is 3.05. The minimum Gasteiger partial charge on any atom is -0.455 e. The van der Waals surface area contributed by atoms with Crippen molar-refractivity contribution in [2.45, 2.75) is 27.2 Å². The lowest BCUT2D eigenvalue weighted by atomic mass is 10.1. The summed E-state index contributed by atoms with van der Waals surface area (Å²) in [5, 5.41) is 0. The van der Waals surface area contributed by atoms with E-state index in [-0.39, 0.29) is 24.9 Å². The molecule has 1 fully saturated rings. The van der Waals surface area contributed by atoms with Gasteiger partial charge in [0.2, 0.25) is 0 Å². The number of rotatable bonds is 5. The molecule has 1 aliphatic rings. The van der Waals surface area contributed by atoms with Crippen molar-refractivity contribution in [3.05, 3.63) is 64.7 Å². The molecular formula is C23H28N2O3. The van der Waals surface area contributed by atoms with Crippen LogP contribution in [-0.2, 0) is 20.7 Å². The quantitative estimate of drug-likeness (QED) is 0.748. The Morgan fingerprint density at radius 1 is 0.929 bits per heavy atom. The molecule has 1 saturated heterocycles. The number of esters is 1. The largest absolute Gasteiger partial charge is 0.455 e. The second-order valence-electron chi connectivity index (χ2n) is 7.41. The van der Waals surface area contributed by atoms with Crippen molar-refractivity contribution in [2.24, 2.45) is 0 Å². The highest BCUT2D eigenvalue weighted by molar-refractivity contribution is 5.81. The number of amides is 1. The molecule has 0 unspecified atom stereocenters. The van der Waals surface area contributed by atoms with Gasteiger partial charge in [-0.3, -0.25) is 9.59 Å². The molecule has 148 valence electrons. The molecule has 5 heteroatoms. The van der Waals surface area contributed by atoms with E-state index in [1.54, 1.807) is 4.90 Å². The first-order valence-electron chi connectivity index (χ1n) is 9.74. The molecule has 0 saturated carbocycles. The van der Waals surface area contributed by atoms with Crippen LogP contribution in [0.5, 0.6) is 0 Å². The number of carbonyl (C=O) groups excluding carboxylic acids is 2. The molecule has 28 heavy (non-hydrogen) atoms. The Labute approximate surface area is 166 Å². The smallest absolute Gasteiger partial charge is 0.310 e. The normalized spacial score (nSPS) is 14.1. The van der Waals surface area contributed by atoms with E-state index in [4.69, 9.17) is 4.74 Å². The molecule has 1 amide bonds. The summed E-state index contributed by atoms with van der Waals surface area (Å²) in [6.07, 6.45) is 0.188. The van der Waals surface area contributed by atoms with E-state index < -0.39 is 0 Å². The molecule has 0 spiro atoms. The Hall–Kier alpha value is -2.82. The zero-order valence-corrected chi connectivity index (χ0v) is 16.9. The molecule has 1 aliphatic heterocycles. The van der Waals surface area contributed by atoms with Crippen LogP contribution in [0.4, 0.5) is 5.69 Å². The van der Waals surface area contributed by atoms with Crippen LogP contribution >= 0.6 is 0 Å². The molecule has 0 radical (unpaired) electrons. The predicted molar refractivity (Wildman–Crippen MR) is 111 cm³/mol. The summed E-state index contributed by atoms with van der Waals surface area (Å²) in [5.74, 6) is -0.496. The van der Waals surface area contributed by atoms with Crippen molar-refractivity contribution in [2.75, 3.05) is 37.7 Å². The zero-order valence-electron chi connectivity index (χ0n) is 16.9. The number of nitrogens with zero attached hydrogens (tertiary/aromatic N) is 2. The topological polar surface area (TPSA) is 49.9 Å². The molecule has 2 aromatic carbocycles. The first-order valence-corrected chi connectivity index (χ1v) is 9.74. The molecule has 5 nitrogen and oxygen atoms in total. The molecule has 0 aliphatic carbocycles. The van der Waals surface area contributed by atoms with Crippen molar-refractivity contribution in [3.8, 4) is 0 Å². The molecule has 0 atom stereocenters. The van der Waals surface area contributed by atoms with Crippen molar-refractivity contribution >= 4 is 17.6 Å². The van der Waals surface area contributed by atoms with Gasteiger partial charge in [0.05, 0.1) is 6.42 Å². The van der Waals surface area contributed by atoms with Crippen LogP contribution < -0.4 is 4.90 Å². The van der Waals surface area contributed by atoms with Gasteiger partial charge in [-0.15, -0.1) is 0 Å². The Bertz CT molecular complexity index is 837. The third kappa shape index (κ3) is 4.91. The highest BCUT2D eigenvalue weighted by atomic mass is 16.5. The first kappa shape index (κ1) is 19.9. The van der Waals surface area contributed by atoms with E-state index in [1.165, 1.54) is 16.8 Å². The Kier molecular flexibility index (Phi) is 6.34. The fourth-order valence-corrected chi connectivity index (χ4v) is 3.43. The molecule has 0 bridgehead atoms. The number of hydrogen-bond donors (Lipinski definition) is 0. The monoisotopic (exact) mass is 380 g/mol. The van der Waals surface area contributed by atoms with Gasteiger partial charge in [0.15, 0.2) is 6.61 Å². The molecular weight excluding hydrogens is 352 g/mol. The SMILES string of the molecule is Cc1ccc(CC(=O)OCC(=O)N2CCN(c3cccc(C)c3C)CC2)cc1. The van der Waals surface area contributed by atoms with Gasteiger partial charge in [0.1, 0.15) is 0 Å². The first-order chi connectivity index (χ1) is 13.4. The van der Waals surface area contributed by atoms with E-state index in [0.717, 1.165) is 24.2 Å². The minimum atomic E-state index is -0.369. The minimum absolute atomic E-state index is 0.127. The fraction of sp³-hybridized carbons (Fsp3) is 0.391. The Morgan fingerprint density at radius 2 is 1.61 bits per heavy atom. The average Bonchev–Trinajstić information content (AvgIpc) is 2.70. The molecule has 0 aromatic heterocycles. The van der Waals surface area contributed by atoms with Crippen molar-refractivity contribution in [3.63, 3.8) is 0 Å². The van der Waals surface area contributed by atoms with E-state index in [0.29, 0.717) is 13.1 Å². The Morgan fingerprint density at radius 3 is 2.29 bits per heavy atom. The molecule has 3 rings (SSSR count). The summed E-state index contributed by atoms with van der Waals surface area (Å²) >= 11 is 0. The molecule has 2 aromatic rings. The lowest BCUT2D eigenvalue weighted by Gasteiger charge is -2.37. The van der Waals surface area contributed by atoms with Gasteiger partial charge in [0, 0.05) is 31.9 Å². The summed E-state index contributed by atoms with van der Waals surface area (Å²) in [6, 6.07) is 14.1. The van der Waals surface area contributed by atoms with Gasteiger partial charge in [0.25, 0.3) is 5.91 Å². The highest BCUT2D eigenvalue weighted by Crippen LogP contribution is 2.23. The third-order valence-electron chi connectivity index (χ3n) is 5.37. The number of benzene rings is 2. The van der Waals surface area contributed by atoms with Crippen molar-refractivity contribution in [1.29, 1.82) is 0 Å². The van der Waals surface area contributed by atoms with Crippen LogP contribution in [0.25, 0.3) is 0 Å². The summed E-state index contributed by atoms with van der Waals surface area (Å²) in [5.41, 5.74) is 5.83. The maximum Gasteiger partial charge on any atom is 0.310 e. The fourth-order valence-electron chi connectivity index (χ4n) is 3.43. The van der Waals surface area contributed by atoms with E-state index in [2.05, 4.69) is 36.9 Å². The van der Waals surface area contributed by atoms with Gasteiger partial charge in [-0.25, -0.2) is 0 Å². The van der Waals surface area contributed by atoms with E-state index in [1.807, 2.05) is 31.2 Å². The number of ether oxygens (including phenoxy) is 1. The van der Waals surface area contributed by atoms with Crippen LogP contribution in [0.3, 0.4) is 0 Å². The summed E-state index contributed by atoms with van der Waals surface area (Å²) in [6.45, 7) is 8.92. The number of piperazine rings is 1. The number of anilines is 1. The van der Waals surface area contributed by atoms with Gasteiger partial charge in [-0.05, 0) is 43.5 Å². The highest BCUT2D eigenvalue weighted by Gasteiger charge is 2.23. The van der Waals surface area contributed by atoms with Crippen molar-refractivity contribution in [1.82, 2.24) is 4.90 Å². The maximum atomic E-state index is 12.4. The molecule has 0 N–H and O–H groups in total. The molecule has 1 heterocycles. The zero-order chi connectivity index (χ0) is 20.1. The second kappa shape index (κ2) is 8.91. The lowest BCUT2D eigenvalue weighted by molar-refractivity contribution is -0.151. The van der Waals surface area contributed by atoms with E-state index >= 15 is 0 Å². The van der Waals surface area contributed by atoms with Crippen LogP contribution in [0.15, 0.2) is 42.5 Å². The van der Waals surface area contributed by atoms with Crippen LogP contribution in [0, 0.1) is 20.8 Å². The Balaban J connectivity index is 1.45. The van der Waals surface area contributed by atoms with Crippen molar-refractivity contribution < 1.29 is 14.3 Å². The van der Waals surface area contributed by atoms with Crippen LogP contribution in [0.2, 0.25) is 0 Å². The lowest BCUT2D eigenvalue weighted by Crippen LogP contribution is -2.50. The second-order valence-corrected chi connectivity index (χ2v) is 7.41. The number of hydrogen-bond acceptors (Lipinski definition) is 4. The standard InChI is InChI=1S/C23H28N2O3/c1-17-7-9-20(10-8-17)15-23(27)28-16-22(26)25-13-11-24(12-14-25)21-6-4-5-18(2)19(21)3/h4-10H,11-16H2,1-3H3. The average molecular weight is 380 g/mol. The van der Waals surface area contributed by atoms with Gasteiger partial charge in [-0.1, -0.05) is 42.0 Å². The van der Waals surface area contributed by atoms with Gasteiger partial charge in [-0.2, -0.15) is 0 Å². The number of aryl methyl sites for hydroxylation is 2. The third-order valence-corrected chi connectivity index (χ3v) is 5.37. The van der Waals surface area contributed by atoms with Gasteiger partial charge < -0.3 is 14.5 Å².